The van der Waals surface area contributed by atoms with E-state index in [-0.39, 0.29) is 11.7 Å². The Hall–Kier alpha value is -3.95. The van der Waals surface area contributed by atoms with Crippen molar-refractivity contribution in [3.63, 3.8) is 0 Å². The van der Waals surface area contributed by atoms with Crippen LogP contribution >= 0.6 is 0 Å². The zero-order valence-electron chi connectivity index (χ0n) is 29.4. The highest BCUT2D eigenvalue weighted by atomic mass is 16.6. The molecule has 2 aromatic carbocycles. The number of esters is 1. The fourth-order valence-corrected chi connectivity index (χ4v) is 7.53. The molecule has 2 aromatic heterocycles. The zero-order chi connectivity index (χ0) is 33.8. The Balaban J connectivity index is 1.47. The number of hydrogen-bond donors (Lipinski definition) is 0. The standard InChI is InChI=1S/C39H48N4O5/c1-8-25-15-16-30-28(22-25)26-12-11-13-27-29-23-32-40-24(2)33(35(37(44)45-7)48-38(3,4)5)36(43(32)41-29)42-19-17-39(6,18-20-42)46-21-10-9-14-31(47-30)34(26)27/h11-13,15-16,22-23,31,35H,8-10,14,17-21H2,1-7H3/t31-,35+/m1/s1. The number of rotatable bonds is 4. The lowest BCUT2D eigenvalue weighted by Crippen LogP contribution is -2.46. The second-order valence-electron chi connectivity index (χ2n) is 14.7. The van der Waals surface area contributed by atoms with Crippen LogP contribution in [0.4, 0.5) is 5.82 Å². The van der Waals surface area contributed by atoms with E-state index in [0.29, 0.717) is 23.5 Å². The highest BCUT2D eigenvalue weighted by Gasteiger charge is 2.39. The van der Waals surface area contributed by atoms with Gasteiger partial charge in [0.25, 0.3) is 0 Å². The summed E-state index contributed by atoms with van der Waals surface area (Å²) in [5.74, 6) is 1.28. The van der Waals surface area contributed by atoms with E-state index in [1.54, 1.807) is 0 Å². The summed E-state index contributed by atoms with van der Waals surface area (Å²) in [6.07, 6.45) is 4.37. The van der Waals surface area contributed by atoms with Crippen LogP contribution in [-0.4, -0.2) is 58.6 Å². The third-order valence-electron chi connectivity index (χ3n) is 10.1. The molecule has 9 heteroatoms. The van der Waals surface area contributed by atoms with Crippen LogP contribution in [0.5, 0.6) is 5.75 Å². The summed E-state index contributed by atoms with van der Waals surface area (Å²) >= 11 is 0. The molecule has 9 nitrogen and oxygen atoms in total. The number of hydrogen-bond acceptors (Lipinski definition) is 8. The number of benzene rings is 2. The van der Waals surface area contributed by atoms with Crippen LogP contribution in [0.3, 0.4) is 0 Å². The molecule has 0 radical (unpaired) electrons. The SMILES string of the molecule is CCc1ccc2c(c1)-c1cccc3c1[C@@H](CCCCOC1(C)CCN(CC1)c1c([C@H](OC(C)(C)C)C(=O)OC)c(C)nc4cc-3nn14)O2. The van der Waals surface area contributed by atoms with Crippen molar-refractivity contribution in [1.82, 2.24) is 14.6 Å². The number of nitrogens with zero attached hydrogens (tertiary/aromatic N) is 4. The number of aryl methyl sites for hydroxylation is 2. The molecule has 2 atom stereocenters. The van der Waals surface area contributed by atoms with Gasteiger partial charge in [0, 0.05) is 48.1 Å². The van der Waals surface area contributed by atoms with E-state index in [2.05, 4.69) is 61.2 Å². The van der Waals surface area contributed by atoms with Gasteiger partial charge in [-0.2, -0.15) is 9.61 Å². The maximum Gasteiger partial charge on any atom is 0.339 e. The van der Waals surface area contributed by atoms with Gasteiger partial charge >= 0.3 is 5.97 Å². The van der Waals surface area contributed by atoms with Crippen molar-refractivity contribution in [2.75, 3.05) is 31.7 Å². The normalized spacial score (nSPS) is 21.5. The number of ether oxygens (including phenoxy) is 4. The average Bonchev–Trinajstić information content (AvgIpc) is 3.48. The van der Waals surface area contributed by atoms with Crippen molar-refractivity contribution in [3.8, 4) is 28.1 Å². The van der Waals surface area contributed by atoms with Crippen molar-refractivity contribution in [3.05, 3.63) is 64.8 Å². The predicted molar refractivity (Wildman–Crippen MR) is 187 cm³/mol. The van der Waals surface area contributed by atoms with Gasteiger partial charge in [0.05, 0.1) is 29.6 Å². The van der Waals surface area contributed by atoms with Crippen molar-refractivity contribution < 1.29 is 23.7 Å². The monoisotopic (exact) mass is 652 g/mol. The van der Waals surface area contributed by atoms with Crippen LogP contribution in [0.25, 0.3) is 28.0 Å². The molecule has 8 rings (SSSR count). The van der Waals surface area contributed by atoms with Gasteiger partial charge in [0.15, 0.2) is 11.8 Å². The van der Waals surface area contributed by atoms with E-state index in [9.17, 15) is 4.79 Å². The van der Waals surface area contributed by atoms with Crippen molar-refractivity contribution >= 4 is 17.4 Å². The lowest BCUT2D eigenvalue weighted by molar-refractivity contribution is -0.164. The van der Waals surface area contributed by atoms with E-state index in [1.807, 2.05) is 32.2 Å². The van der Waals surface area contributed by atoms with Gasteiger partial charge in [-0.1, -0.05) is 31.2 Å². The first-order valence-electron chi connectivity index (χ1n) is 17.5. The van der Waals surface area contributed by atoms with Gasteiger partial charge in [-0.05, 0) is 96.4 Å². The molecule has 254 valence electrons. The Bertz CT molecular complexity index is 1850. The van der Waals surface area contributed by atoms with E-state index < -0.39 is 17.7 Å². The number of carbonyl (C=O) groups excluding carboxylic acids is 1. The minimum Gasteiger partial charge on any atom is -0.485 e. The van der Waals surface area contributed by atoms with E-state index in [4.69, 9.17) is 29.0 Å². The van der Waals surface area contributed by atoms with Gasteiger partial charge in [-0.15, -0.1) is 0 Å². The van der Waals surface area contributed by atoms with Gasteiger partial charge < -0.3 is 23.8 Å². The summed E-state index contributed by atoms with van der Waals surface area (Å²) in [6.45, 7) is 14.4. The summed E-state index contributed by atoms with van der Waals surface area (Å²) in [5, 5.41) is 5.30. The molecule has 6 heterocycles. The number of piperidine rings is 1. The van der Waals surface area contributed by atoms with Crippen LogP contribution in [0.15, 0.2) is 42.5 Å². The third kappa shape index (κ3) is 5.96. The van der Waals surface area contributed by atoms with E-state index in [0.717, 1.165) is 85.6 Å². The molecule has 0 unspecified atom stereocenters. The number of methoxy groups -OCH3 is 1. The van der Waals surface area contributed by atoms with Crippen molar-refractivity contribution in [2.24, 2.45) is 0 Å². The van der Waals surface area contributed by atoms with Crippen LogP contribution in [0.2, 0.25) is 0 Å². The first kappa shape index (κ1) is 32.6. The predicted octanol–water partition coefficient (Wildman–Crippen LogP) is 7.96. The molecule has 1 saturated heterocycles. The maximum absolute atomic E-state index is 13.5. The topological polar surface area (TPSA) is 87.4 Å². The molecule has 0 aliphatic carbocycles. The minimum absolute atomic E-state index is 0.127. The van der Waals surface area contributed by atoms with E-state index >= 15 is 0 Å². The molecule has 4 aliphatic rings. The highest BCUT2D eigenvalue weighted by molar-refractivity contribution is 5.84. The number of anilines is 1. The Morgan fingerprint density at radius 2 is 1.85 bits per heavy atom. The summed E-state index contributed by atoms with van der Waals surface area (Å²) < 4.78 is 27.1. The zero-order valence-corrected chi connectivity index (χ0v) is 29.4. The average molecular weight is 653 g/mol. The van der Waals surface area contributed by atoms with Gasteiger partial charge in [0.1, 0.15) is 17.7 Å². The van der Waals surface area contributed by atoms with Gasteiger partial charge in [-0.3, -0.25) is 0 Å². The summed E-state index contributed by atoms with van der Waals surface area (Å²) in [7, 11) is 1.40. The lowest BCUT2D eigenvalue weighted by atomic mass is 9.85. The lowest BCUT2D eigenvalue weighted by Gasteiger charge is -2.41. The van der Waals surface area contributed by atoms with Crippen LogP contribution in [0, 0.1) is 6.92 Å². The smallest absolute Gasteiger partial charge is 0.339 e. The number of fused-ring (bicyclic) bond motifs is 8. The second-order valence-corrected chi connectivity index (χ2v) is 14.7. The largest absolute Gasteiger partial charge is 0.485 e. The molecule has 4 bridgehead atoms. The number of carbonyl (C=O) groups is 1. The fraction of sp³-hybridized carbons (Fsp3) is 0.513. The Labute approximate surface area is 283 Å². The number of aromatic nitrogens is 3. The molecule has 0 spiro atoms. The summed E-state index contributed by atoms with van der Waals surface area (Å²) in [5.41, 5.74) is 7.87. The Morgan fingerprint density at radius 1 is 1.08 bits per heavy atom. The van der Waals surface area contributed by atoms with Gasteiger partial charge in [-0.25, -0.2) is 9.78 Å². The molecular formula is C39H48N4O5. The van der Waals surface area contributed by atoms with E-state index in [1.165, 1.54) is 18.2 Å². The van der Waals surface area contributed by atoms with Crippen molar-refractivity contribution in [1.29, 1.82) is 0 Å². The molecule has 4 aromatic rings. The second kappa shape index (κ2) is 12.5. The first-order chi connectivity index (χ1) is 23.0. The van der Waals surface area contributed by atoms with Gasteiger partial charge in [0.2, 0.25) is 0 Å². The molecule has 1 fully saturated rings. The fourth-order valence-electron chi connectivity index (χ4n) is 7.53. The molecule has 0 saturated carbocycles. The summed E-state index contributed by atoms with van der Waals surface area (Å²) in [6, 6.07) is 15.1. The highest BCUT2D eigenvalue weighted by Crippen LogP contribution is 2.48. The van der Waals surface area contributed by atoms with Crippen LogP contribution in [0.1, 0.15) is 101 Å². The van der Waals surface area contributed by atoms with Crippen molar-refractivity contribution in [2.45, 2.75) is 103 Å². The third-order valence-corrected chi connectivity index (χ3v) is 10.1. The van der Waals surface area contributed by atoms with Crippen LogP contribution < -0.4 is 9.64 Å². The first-order valence-corrected chi connectivity index (χ1v) is 17.5. The maximum atomic E-state index is 13.5. The summed E-state index contributed by atoms with van der Waals surface area (Å²) in [4.78, 5) is 20.8. The molecule has 0 N–H and O–H groups in total. The Kier molecular flexibility index (Phi) is 8.48. The molecular weight excluding hydrogens is 604 g/mol. The minimum atomic E-state index is -0.976. The molecule has 4 aliphatic heterocycles. The Morgan fingerprint density at radius 3 is 2.58 bits per heavy atom. The molecule has 48 heavy (non-hydrogen) atoms. The quantitative estimate of drug-likeness (QED) is 0.205. The van der Waals surface area contributed by atoms with Crippen LogP contribution in [-0.2, 0) is 25.4 Å². The molecule has 0 amide bonds.